The Bertz CT molecular complexity index is 542. The summed E-state index contributed by atoms with van der Waals surface area (Å²) in [5, 5.41) is 20.8. The number of unbranched alkanes of at least 4 members (excludes halogenated alkanes) is 12. The van der Waals surface area contributed by atoms with Gasteiger partial charge in [-0.15, -0.1) is 0 Å². The Morgan fingerprint density at radius 1 is 0.643 bits per heavy atom. The number of carbonyl (C=O) groups is 2. The molecular formula is C23H37NO4. The monoisotopic (exact) mass is 391 g/mol. The van der Waals surface area contributed by atoms with E-state index in [4.69, 9.17) is 10.2 Å². The first-order chi connectivity index (χ1) is 13.6. The fourth-order valence-electron chi connectivity index (χ4n) is 3.31. The standard InChI is InChI=1S/C23H37NO4/c25-22(26)14-12-10-8-6-4-2-1-3-5-7-9-11-13-19-24-21-17-15-20(16-18-21)23(27)28/h15-18,24H,1-14,19H2,(H,25,26)(H,27,28). The quantitative estimate of drug-likeness (QED) is 0.254. The van der Waals surface area contributed by atoms with E-state index in [-0.39, 0.29) is 0 Å². The minimum atomic E-state index is -0.889. The number of carboxylic acids is 2. The molecule has 1 aromatic rings. The van der Waals surface area contributed by atoms with Crippen molar-refractivity contribution in [3.63, 3.8) is 0 Å². The number of nitrogens with one attached hydrogen (secondary N) is 1. The van der Waals surface area contributed by atoms with Gasteiger partial charge >= 0.3 is 11.9 Å². The molecule has 0 aliphatic carbocycles. The topological polar surface area (TPSA) is 86.6 Å². The van der Waals surface area contributed by atoms with Crippen molar-refractivity contribution in [2.75, 3.05) is 11.9 Å². The molecule has 5 heteroatoms. The Balaban J connectivity index is 1.80. The average Bonchev–Trinajstić information content (AvgIpc) is 2.67. The fraction of sp³-hybridized carbons (Fsp3) is 0.652. The van der Waals surface area contributed by atoms with E-state index in [9.17, 15) is 9.59 Å². The number of benzene rings is 1. The van der Waals surface area contributed by atoms with Crippen LogP contribution in [0.25, 0.3) is 0 Å². The van der Waals surface area contributed by atoms with Crippen molar-refractivity contribution in [3.8, 4) is 0 Å². The molecule has 28 heavy (non-hydrogen) atoms. The van der Waals surface area contributed by atoms with Crippen molar-refractivity contribution in [1.82, 2.24) is 0 Å². The fourth-order valence-corrected chi connectivity index (χ4v) is 3.31. The predicted octanol–water partition coefficient (Wildman–Crippen LogP) is 6.34. The molecular weight excluding hydrogens is 354 g/mol. The van der Waals surface area contributed by atoms with Crippen LogP contribution >= 0.6 is 0 Å². The lowest BCUT2D eigenvalue weighted by Crippen LogP contribution is -2.02. The maximum atomic E-state index is 10.8. The number of carboxylic acid groups (broad SMARTS) is 2. The molecule has 1 rings (SSSR count). The van der Waals surface area contributed by atoms with Crippen LogP contribution in [0.2, 0.25) is 0 Å². The third kappa shape index (κ3) is 13.2. The van der Waals surface area contributed by atoms with Gasteiger partial charge < -0.3 is 15.5 Å². The van der Waals surface area contributed by atoms with Gasteiger partial charge in [-0.05, 0) is 37.1 Å². The van der Waals surface area contributed by atoms with Crippen LogP contribution in [0.5, 0.6) is 0 Å². The van der Waals surface area contributed by atoms with Gasteiger partial charge in [0, 0.05) is 18.7 Å². The van der Waals surface area contributed by atoms with Crippen molar-refractivity contribution in [2.45, 2.75) is 89.9 Å². The van der Waals surface area contributed by atoms with E-state index < -0.39 is 11.9 Å². The summed E-state index contributed by atoms with van der Waals surface area (Å²) >= 11 is 0. The highest BCUT2D eigenvalue weighted by atomic mass is 16.4. The maximum Gasteiger partial charge on any atom is 0.335 e. The molecule has 0 bridgehead atoms. The predicted molar refractivity (Wildman–Crippen MR) is 114 cm³/mol. The zero-order chi connectivity index (χ0) is 20.5. The van der Waals surface area contributed by atoms with E-state index in [2.05, 4.69) is 5.32 Å². The van der Waals surface area contributed by atoms with Gasteiger partial charge in [-0.25, -0.2) is 4.79 Å². The molecule has 0 aliphatic rings. The number of hydrogen-bond acceptors (Lipinski definition) is 3. The van der Waals surface area contributed by atoms with Crippen molar-refractivity contribution in [1.29, 1.82) is 0 Å². The molecule has 0 radical (unpaired) electrons. The summed E-state index contributed by atoms with van der Waals surface area (Å²) in [4.78, 5) is 21.2. The van der Waals surface area contributed by atoms with Gasteiger partial charge in [-0.1, -0.05) is 70.6 Å². The Hall–Kier alpha value is -2.04. The molecule has 0 saturated carbocycles. The Morgan fingerprint density at radius 3 is 1.50 bits per heavy atom. The summed E-state index contributed by atoms with van der Waals surface area (Å²) in [7, 11) is 0. The first-order valence-electron chi connectivity index (χ1n) is 10.9. The minimum absolute atomic E-state index is 0.315. The smallest absolute Gasteiger partial charge is 0.335 e. The summed E-state index contributed by atoms with van der Waals surface area (Å²) < 4.78 is 0. The van der Waals surface area contributed by atoms with Gasteiger partial charge in [-0.2, -0.15) is 0 Å². The highest BCUT2D eigenvalue weighted by Crippen LogP contribution is 2.14. The lowest BCUT2D eigenvalue weighted by molar-refractivity contribution is -0.137. The third-order valence-corrected chi connectivity index (χ3v) is 5.03. The molecule has 0 heterocycles. The van der Waals surface area contributed by atoms with Crippen LogP contribution < -0.4 is 5.32 Å². The van der Waals surface area contributed by atoms with Crippen LogP contribution in [0, 0.1) is 0 Å². The minimum Gasteiger partial charge on any atom is -0.481 e. The number of aromatic carboxylic acids is 1. The Labute approximate surface area is 169 Å². The molecule has 0 saturated heterocycles. The van der Waals surface area contributed by atoms with E-state index in [0.717, 1.165) is 31.5 Å². The van der Waals surface area contributed by atoms with Crippen LogP contribution in [0.1, 0.15) is 100 Å². The number of anilines is 1. The van der Waals surface area contributed by atoms with Crippen LogP contribution in [0.4, 0.5) is 5.69 Å². The first kappa shape index (κ1) is 24.0. The normalized spacial score (nSPS) is 10.7. The lowest BCUT2D eigenvalue weighted by Gasteiger charge is -2.07. The molecule has 158 valence electrons. The van der Waals surface area contributed by atoms with E-state index in [1.54, 1.807) is 12.1 Å². The first-order valence-corrected chi connectivity index (χ1v) is 10.9. The Kier molecular flexibility index (Phi) is 13.7. The SMILES string of the molecule is O=C(O)CCCCCCCCCCCCCCCNc1ccc(C(=O)O)cc1. The van der Waals surface area contributed by atoms with Crippen molar-refractivity contribution < 1.29 is 19.8 Å². The zero-order valence-corrected chi connectivity index (χ0v) is 17.1. The second kappa shape index (κ2) is 16.0. The van der Waals surface area contributed by atoms with Gasteiger partial charge in [0.2, 0.25) is 0 Å². The number of hydrogen-bond donors (Lipinski definition) is 3. The highest BCUT2D eigenvalue weighted by Gasteiger charge is 2.01. The van der Waals surface area contributed by atoms with Crippen LogP contribution in [-0.4, -0.2) is 28.7 Å². The van der Waals surface area contributed by atoms with Gasteiger partial charge in [0.05, 0.1) is 5.56 Å². The van der Waals surface area contributed by atoms with Gasteiger partial charge in [-0.3, -0.25) is 4.79 Å². The molecule has 1 aromatic carbocycles. The average molecular weight is 392 g/mol. The van der Waals surface area contributed by atoms with Crippen molar-refractivity contribution in [3.05, 3.63) is 29.8 Å². The molecule has 0 amide bonds. The van der Waals surface area contributed by atoms with Crippen LogP contribution in [0.15, 0.2) is 24.3 Å². The molecule has 0 aromatic heterocycles. The molecule has 0 atom stereocenters. The highest BCUT2D eigenvalue weighted by molar-refractivity contribution is 5.87. The van der Waals surface area contributed by atoms with Crippen LogP contribution in [0.3, 0.4) is 0 Å². The lowest BCUT2D eigenvalue weighted by atomic mass is 10.0. The number of aliphatic carboxylic acids is 1. The second-order valence-corrected chi connectivity index (χ2v) is 7.55. The second-order valence-electron chi connectivity index (χ2n) is 7.55. The Morgan fingerprint density at radius 2 is 1.07 bits per heavy atom. The van der Waals surface area contributed by atoms with E-state index in [0.29, 0.717) is 12.0 Å². The van der Waals surface area contributed by atoms with Crippen LogP contribution in [-0.2, 0) is 4.79 Å². The van der Waals surface area contributed by atoms with E-state index in [1.165, 1.54) is 64.2 Å². The molecule has 5 nitrogen and oxygen atoms in total. The summed E-state index contributed by atoms with van der Waals surface area (Å²) in [6.45, 7) is 0.929. The third-order valence-electron chi connectivity index (χ3n) is 5.03. The maximum absolute atomic E-state index is 10.8. The summed E-state index contributed by atoms with van der Waals surface area (Å²) in [6.07, 6.45) is 16.1. The van der Waals surface area contributed by atoms with E-state index >= 15 is 0 Å². The summed E-state index contributed by atoms with van der Waals surface area (Å²) in [5.74, 6) is -1.57. The van der Waals surface area contributed by atoms with Gasteiger partial charge in [0.25, 0.3) is 0 Å². The van der Waals surface area contributed by atoms with Gasteiger partial charge in [0.1, 0.15) is 0 Å². The van der Waals surface area contributed by atoms with E-state index in [1.807, 2.05) is 12.1 Å². The van der Waals surface area contributed by atoms with Gasteiger partial charge in [0.15, 0.2) is 0 Å². The molecule has 0 fully saturated rings. The summed E-state index contributed by atoms with van der Waals surface area (Å²) in [5.41, 5.74) is 1.30. The molecule has 3 N–H and O–H groups in total. The molecule has 0 spiro atoms. The largest absolute Gasteiger partial charge is 0.481 e. The number of rotatable bonds is 18. The summed E-state index contributed by atoms with van der Waals surface area (Å²) in [6, 6.07) is 6.90. The molecule has 0 aliphatic heterocycles. The van der Waals surface area contributed by atoms with Crippen molar-refractivity contribution >= 4 is 17.6 Å². The van der Waals surface area contributed by atoms with Crippen molar-refractivity contribution in [2.24, 2.45) is 0 Å². The zero-order valence-electron chi connectivity index (χ0n) is 17.1. The molecule has 0 unspecified atom stereocenters.